The lowest BCUT2D eigenvalue weighted by atomic mass is 10.1. The van der Waals surface area contributed by atoms with Gasteiger partial charge in [-0.3, -0.25) is 19.2 Å². The lowest BCUT2D eigenvalue weighted by Gasteiger charge is -2.17. The zero-order chi connectivity index (χ0) is 27.7. The maximum atomic E-state index is 12.2. The summed E-state index contributed by atoms with van der Waals surface area (Å²) in [6.07, 6.45) is 1.02. The Kier molecular flexibility index (Phi) is 15.9. The fraction of sp³-hybridized carbons (Fsp3) is 0.682. The number of carboxylic acid groups (broad SMARTS) is 3. The highest BCUT2D eigenvalue weighted by Gasteiger charge is 2.25. The number of carbonyl (C=O) groups is 7. The van der Waals surface area contributed by atoms with Crippen LogP contribution in [0.2, 0.25) is 0 Å². The summed E-state index contributed by atoms with van der Waals surface area (Å²) < 4.78 is 0. The molecule has 0 saturated heterocycles. The summed E-state index contributed by atoms with van der Waals surface area (Å²) in [6, 6.07) is -4.16. The first-order chi connectivity index (χ1) is 16.9. The molecule has 0 aliphatic rings. The van der Waals surface area contributed by atoms with E-state index in [1.807, 2.05) is 6.92 Å². The normalized spacial score (nSPS) is 12.9. The third-order valence-electron chi connectivity index (χ3n) is 5.02. The topological polar surface area (TPSA) is 228 Å². The van der Waals surface area contributed by atoms with Gasteiger partial charge in [0.1, 0.15) is 18.1 Å². The van der Waals surface area contributed by atoms with Gasteiger partial charge < -0.3 is 36.6 Å². The van der Waals surface area contributed by atoms with Crippen LogP contribution in [0.3, 0.4) is 0 Å². The highest BCUT2D eigenvalue weighted by atomic mass is 16.4. The van der Waals surface area contributed by atoms with Gasteiger partial charge in [-0.15, -0.1) is 0 Å². The average molecular weight is 517 g/mol. The maximum Gasteiger partial charge on any atom is 0.326 e. The summed E-state index contributed by atoms with van der Waals surface area (Å²) in [6.45, 7) is 3.60. The Morgan fingerprint density at radius 3 is 1.36 bits per heavy atom. The van der Waals surface area contributed by atoms with Crippen LogP contribution in [0.4, 0.5) is 0 Å². The largest absolute Gasteiger partial charge is 0.480 e. The minimum atomic E-state index is -1.48. The summed E-state index contributed by atoms with van der Waals surface area (Å²) >= 11 is 0. The number of rotatable bonds is 19. The van der Waals surface area contributed by atoms with Crippen molar-refractivity contribution in [1.29, 1.82) is 0 Å². The molecule has 0 bridgehead atoms. The Morgan fingerprint density at radius 1 is 0.611 bits per heavy atom. The fourth-order valence-electron chi connectivity index (χ4n) is 3.07. The van der Waals surface area contributed by atoms with Gasteiger partial charge in [0.05, 0.1) is 0 Å². The Labute approximate surface area is 208 Å². The lowest BCUT2D eigenvalue weighted by Crippen LogP contribution is -2.45. The van der Waals surface area contributed by atoms with Crippen molar-refractivity contribution in [3.63, 3.8) is 0 Å². The zero-order valence-corrected chi connectivity index (χ0v) is 20.5. The van der Waals surface area contributed by atoms with E-state index >= 15 is 0 Å². The molecular formula is C22H36N4O10. The molecule has 0 aromatic heterocycles. The van der Waals surface area contributed by atoms with Crippen molar-refractivity contribution in [3.05, 3.63) is 0 Å². The highest BCUT2D eigenvalue weighted by Crippen LogP contribution is 2.05. The number of unbranched alkanes of at least 4 members (excludes halogenated alkanes) is 2. The first kappa shape index (κ1) is 32.3. The van der Waals surface area contributed by atoms with Crippen molar-refractivity contribution in [2.45, 2.75) is 89.8 Å². The maximum absolute atomic E-state index is 12.2. The number of carbonyl (C=O) groups excluding carboxylic acids is 4. The van der Waals surface area contributed by atoms with Gasteiger partial charge in [-0.1, -0.05) is 19.8 Å². The van der Waals surface area contributed by atoms with Gasteiger partial charge in [-0.25, -0.2) is 14.4 Å². The fourth-order valence-corrected chi connectivity index (χ4v) is 3.07. The summed E-state index contributed by atoms with van der Waals surface area (Å²) in [4.78, 5) is 81.0. The van der Waals surface area contributed by atoms with Gasteiger partial charge in [0.25, 0.3) is 0 Å². The lowest BCUT2D eigenvalue weighted by molar-refractivity contribution is -0.144. The van der Waals surface area contributed by atoms with Gasteiger partial charge >= 0.3 is 17.9 Å². The molecule has 0 spiro atoms. The molecule has 0 heterocycles. The van der Waals surface area contributed by atoms with Crippen LogP contribution >= 0.6 is 0 Å². The molecular weight excluding hydrogens is 480 g/mol. The molecule has 0 fully saturated rings. The Morgan fingerprint density at radius 2 is 1.00 bits per heavy atom. The van der Waals surface area contributed by atoms with Crippen LogP contribution in [0, 0.1) is 0 Å². The second-order valence-corrected chi connectivity index (χ2v) is 8.18. The smallest absolute Gasteiger partial charge is 0.326 e. The predicted octanol–water partition coefficient (Wildman–Crippen LogP) is -0.638. The molecule has 7 N–H and O–H groups in total. The molecule has 0 unspecified atom stereocenters. The van der Waals surface area contributed by atoms with Crippen LogP contribution < -0.4 is 21.3 Å². The molecule has 0 aromatic rings. The van der Waals surface area contributed by atoms with Crippen molar-refractivity contribution in [3.8, 4) is 0 Å². The van der Waals surface area contributed by atoms with Crippen molar-refractivity contribution < 1.29 is 48.9 Å². The Hall–Kier alpha value is -3.71. The van der Waals surface area contributed by atoms with E-state index in [4.69, 9.17) is 5.11 Å². The Balaban J connectivity index is 4.66. The third kappa shape index (κ3) is 15.2. The van der Waals surface area contributed by atoms with Gasteiger partial charge in [0, 0.05) is 32.7 Å². The summed E-state index contributed by atoms with van der Waals surface area (Å²) in [5.41, 5.74) is 0. The van der Waals surface area contributed by atoms with E-state index in [1.165, 1.54) is 0 Å². The summed E-state index contributed by atoms with van der Waals surface area (Å²) in [5, 5.41) is 36.9. The molecule has 36 heavy (non-hydrogen) atoms. The van der Waals surface area contributed by atoms with E-state index in [1.54, 1.807) is 0 Å². The molecule has 0 aromatic carbocycles. The molecule has 4 amide bonds. The molecule has 14 nitrogen and oxygen atoms in total. The van der Waals surface area contributed by atoms with Crippen LogP contribution in [-0.2, 0) is 33.6 Å². The molecule has 0 saturated carbocycles. The third-order valence-corrected chi connectivity index (χ3v) is 5.02. The SMILES string of the molecule is CCCCCNC(=O)CC[C@H](NC(=O)CC[C@H](NC(=O)CC[C@H](NC(C)=O)C(=O)O)C(=O)O)C(=O)O. The van der Waals surface area contributed by atoms with Gasteiger partial charge in [-0.05, 0) is 25.7 Å². The standard InChI is InChI=1S/C22H36N4O10/c1-3-4-5-12-23-17(28)9-6-15(21(33)34)25-19(30)11-8-16(22(35)36)26-18(29)10-7-14(20(31)32)24-13(2)27/h14-16H,3-12H2,1-2H3,(H,23,28)(H,24,27)(H,25,30)(H,26,29)(H,31,32)(H,33,34)(H,35,36)/t14-,15-,16-/m0/s1. The minimum Gasteiger partial charge on any atom is -0.480 e. The van der Waals surface area contributed by atoms with E-state index in [9.17, 15) is 43.8 Å². The van der Waals surface area contributed by atoms with E-state index in [0.29, 0.717) is 6.54 Å². The predicted molar refractivity (Wildman–Crippen MR) is 125 cm³/mol. The van der Waals surface area contributed by atoms with Crippen LogP contribution in [0.15, 0.2) is 0 Å². The summed E-state index contributed by atoms with van der Waals surface area (Å²) in [5.74, 6) is -6.67. The van der Waals surface area contributed by atoms with E-state index in [-0.39, 0.29) is 31.6 Å². The molecule has 0 aliphatic carbocycles. The Bertz CT molecular complexity index is 802. The molecule has 3 atom stereocenters. The van der Waals surface area contributed by atoms with E-state index in [0.717, 1.165) is 26.2 Å². The van der Waals surface area contributed by atoms with Gasteiger partial charge in [-0.2, -0.15) is 0 Å². The number of carboxylic acids is 3. The minimum absolute atomic E-state index is 0.118. The molecule has 0 rings (SSSR count). The molecule has 204 valence electrons. The van der Waals surface area contributed by atoms with E-state index < -0.39 is 66.6 Å². The summed E-state index contributed by atoms with van der Waals surface area (Å²) in [7, 11) is 0. The molecule has 14 heteroatoms. The first-order valence-corrected chi connectivity index (χ1v) is 11.7. The number of amides is 4. The van der Waals surface area contributed by atoms with Crippen molar-refractivity contribution in [1.82, 2.24) is 21.3 Å². The van der Waals surface area contributed by atoms with E-state index in [2.05, 4.69) is 21.3 Å². The van der Waals surface area contributed by atoms with Crippen LogP contribution in [-0.4, -0.2) is 81.5 Å². The van der Waals surface area contributed by atoms with Crippen LogP contribution in [0.5, 0.6) is 0 Å². The van der Waals surface area contributed by atoms with Gasteiger partial charge in [0.2, 0.25) is 23.6 Å². The van der Waals surface area contributed by atoms with Crippen molar-refractivity contribution in [2.75, 3.05) is 6.54 Å². The monoisotopic (exact) mass is 516 g/mol. The molecule has 0 aliphatic heterocycles. The first-order valence-electron chi connectivity index (χ1n) is 11.7. The zero-order valence-electron chi connectivity index (χ0n) is 20.5. The van der Waals surface area contributed by atoms with Crippen molar-refractivity contribution >= 4 is 41.5 Å². The number of aliphatic carboxylic acids is 3. The number of hydrogen-bond donors (Lipinski definition) is 7. The quantitative estimate of drug-likeness (QED) is 0.107. The second kappa shape index (κ2) is 17.7. The average Bonchev–Trinajstić information content (AvgIpc) is 2.78. The number of hydrogen-bond acceptors (Lipinski definition) is 7. The van der Waals surface area contributed by atoms with Crippen molar-refractivity contribution in [2.24, 2.45) is 0 Å². The van der Waals surface area contributed by atoms with Gasteiger partial charge in [0.15, 0.2) is 0 Å². The second-order valence-electron chi connectivity index (χ2n) is 8.18. The van der Waals surface area contributed by atoms with Crippen LogP contribution in [0.1, 0.15) is 71.6 Å². The highest BCUT2D eigenvalue weighted by molar-refractivity contribution is 5.87. The van der Waals surface area contributed by atoms with Crippen LogP contribution in [0.25, 0.3) is 0 Å². The number of nitrogens with one attached hydrogen (secondary N) is 4. The molecule has 0 radical (unpaired) electrons.